The zero-order valence-electron chi connectivity index (χ0n) is 15.1. The van der Waals surface area contributed by atoms with Crippen molar-refractivity contribution < 1.29 is 22.8 Å². The molecule has 2 aromatic carbocycles. The largest absolute Gasteiger partial charge is 0.349 e. The lowest BCUT2D eigenvalue weighted by atomic mass is 10.0. The average Bonchev–Trinajstić information content (AvgIpc) is 2.67. The van der Waals surface area contributed by atoms with Crippen molar-refractivity contribution in [1.82, 2.24) is 10.2 Å². The lowest BCUT2D eigenvalue weighted by Crippen LogP contribution is -2.46. The van der Waals surface area contributed by atoms with E-state index in [1.807, 2.05) is 4.90 Å². The van der Waals surface area contributed by atoms with Crippen LogP contribution in [0.4, 0.5) is 18.9 Å². The van der Waals surface area contributed by atoms with Gasteiger partial charge < -0.3 is 10.6 Å². The fourth-order valence-electron chi connectivity index (χ4n) is 3.09. The first-order valence-electron chi connectivity index (χ1n) is 8.94. The van der Waals surface area contributed by atoms with Crippen molar-refractivity contribution in [3.63, 3.8) is 0 Å². The molecule has 0 atom stereocenters. The molecule has 0 aromatic heterocycles. The van der Waals surface area contributed by atoms with Gasteiger partial charge in [0.15, 0.2) is 0 Å². The molecule has 1 saturated heterocycles. The highest BCUT2D eigenvalue weighted by Crippen LogP contribution is 2.16. The van der Waals surface area contributed by atoms with E-state index in [9.17, 15) is 22.8 Å². The zero-order valence-corrected chi connectivity index (χ0v) is 15.1. The van der Waals surface area contributed by atoms with Crippen LogP contribution < -0.4 is 10.6 Å². The molecule has 8 heteroatoms. The van der Waals surface area contributed by atoms with Crippen molar-refractivity contribution in [2.75, 3.05) is 25.0 Å². The summed E-state index contributed by atoms with van der Waals surface area (Å²) in [6.07, 6.45) is 1.29. The highest BCUT2D eigenvalue weighted by atomic mass is 19.1. The third-order valence-electron chi connectivity index (χ3n) is 4.60. The normalized spacial score (nSPS) is 15.2. The SMILES string of the molecule is O=C(CN1CCC(NC(=O)c2ccc(F)cc2)CC1)Nc1cc(F)ccc1F. The maximum Gasteiger partial charge on any atom is 0.251 e. The predicted molar refractivity (Wildman–Crippen MR) is 98.3 cm³/mol. The third-order valence-corrected chi connectivity index (χ3v) is 4.60. The van der Waals surface area contributed by atoms with Crippen LogP contribution in [-0.4, -0.2) is 42.4 Å². The highest BCUT2D eigenvalue weighted by molar-refractivity contribution is 5.94. The van der Waals surface area contributed by atoms with Crippen LogP contribution in [0.2, 0.25) is 0 Å². The Morgan fingerprint density at radius 1 is 0.964 bits per heavy atom. The Labute approximate surface area is 160 Å². The van der Waals surface area contributed by atoms with E-state index in [0.29, 0.717) is 31.5 Å². The summed E-state index contributed by atoms with van der Waals surface area (Å²) in [5.74, 6) is -2.43. The summed E-state index contributed by atoms with van der Waals surface area (Å²) in [7, 11) is 0. The Morgan fingerprint density at radius 3 is 2.29 bits per heavy atom. The van der Waals surface area contributed by atoms with E-state index >= 15 is 0 Å². The Morgan fingerprint density at radius 2 is 1.61 bits per heavy atom. The minimum Gasteiger partial charge on any atom is -0.349 e. The summed E-state index contributed by atoms with van der Waals surface area (Å²) in [4.78, 5) is 26.1. The van der Waals surface area contributed by atoms with Crippen LogP contribution in [0.25, 0.3) is 0 Å². The minimum atomic E-state index is -0.697. The number of carbonyl (C=O) groups is 2. The zero-order chi connectivity index (χ0) is 20.1. The van der Waals surface area contributed by atoms with Gasteiger partial charge in [0.25, 0.3) is 5.91 Å². The second kappa shape index (κ2) is 8.88. The van der Waals surface area contributed by atoms with Gasteiger partial charge in [-0.3, -0.25) is 14.5 Å². The van der Waals surface area contributed by atoms with Gasteiger partial charge in [0.1, 0.15) is 17.5 Å². The van der Waals surface area contributed by atoms with Crippen LogP contribution in [0.15, 0.2) is 42.5 Å². The Bertz CT molecular complexity index is 850. The molecule has 1 fully saturated rings. The first-order chi connectivity index (χ1) is 13.4. The van der Waals surface area contributed by atoms with E-state index in [1.54, 1.807) is 0 Å². The number of halogens is 3. The fraction of sp³-hybridized carbons (Fsp3) is 0.300. The molecule has 5 nitrogen and oxygen atoms in total. The Balaban J connectivity index is 1.44. The predicted octanol–water partition coefficient (Wildman–Crippen LogP) is 2.94. The van der Waals surface area contributed by atoms with Gasteiger partial charge in [0.05, 0.1) is 12.2 Å². The molecular weight excluding hydrogens is 371 g/mol. The molecule has 0 bridgehead atoms. The quantitative estimate of drug-likeness (QED) is 0.824. The van der Waals surface area contributed by atoms with Crippen molar-refractivity contribution in [1.29, 1.82) is 0 Å². The molecule has 148 valence electrons. The molecule has 2 N–H and O–H groups in total. The molecule has 1 aliphatic heterocycles. The van der Waals surface area contributed by atoms with Crippen LogP contribution in [0.5, 0.6) is 0 Å². The number of likely N-dealkylation sites (tertiary alicyclic amines) is 1. The van der Waals surface area contributed by atoms with Crippen molar-refractivity contribution in [2.24, 2.45) is 0 Å². The maximum absolute atomic E-state index is 13.6. The van der Waals surface area contributed by atoms with Crippen LogP contribution in [0, 0.1) is 17.5 Å². The Kier molecular flexibility index (Phi) is 6.30. The molecule has 0 unspecified atom stereocenters. The van der Waals surface area contributed by atoms with Gasteiger partial charge in [-0.2, -0.15) is 0 Å². The summed E-state index contributed by atoms with van der Waals surface area (Å²) in [6, 6.07) is 8.15. The van der Waals surface area contributed by atoms with Gasteiger partial charge in [-0.25, -0.2) is 13.2 Å². The molecule has 28 heavy (non-hydrogen) atoms. The van der Waals surface area contributed by atoms with Crippen molar-refractivity contribution >= 4 is 17.5 Å². The number of hydrogen-bond donors (Lipinski definition) is 2. The van der Waals surface area contributed by atoms with E-state index in [1.165, 1.54) is 24.3 Å². The number of piperidine rings is 1. The van der Waals surface area contributed by atoms with E-state index in [2.05, 4.69) is 10.6 Å². The first kappa shape index (κ1) is 19.9. The van der Waals surface area contributed by atoms with Crippen LogP contribution in [-0.2, 0) is 4.79 Å². The van der Waals surface area contributed by atoms with Gasteiger partial charge >= 0.3 is 0 Å². The average molecular weight is 391 g/mol. The summed E-state index contributed by atoms with van der Waals surface area (Å²) in [5, 5.41) is 5.27. The summed E-state index contributed by atoms with van der Waals surface area (Å²) < 4.78 is 39.7. The van der Waals surface area contributed by atoms with E-state index < -0.39 is 23.4 Å². The minimum absolute atomic E-state index is 0.0440. The molecular formula is C20H20F3N3O2. The van der Waals surface area contributed by atoms with Crippen molar-refractivity contribution in [2.45, 2.75) is 18.9 Å². The van der Waals surface area contributed by atoms with E-state index in [-0.39, 0.29) is 24.2 Å². The molecule has 0 radical (unpaired) electrons. The van der Waals surface area contributed by atoms with E-state index in [0.717, 1.165) is 18.2 Å². The van der Waals surface area contributed by atoms with Crippen LogP contribution >= 0.6 is 0 Å². The third kappa shape index (κ3) is 5.32. The van der Waals surface area contributed by atoms with Crippen LogP contribution in [0.1, 0.15) is 23.2 Å². The van der Waals surface area contributed by atoms with Gasteiger partial charge in [0.2, 0.25) is 5.91 Å². The van der Waals surface area contributed by atoms with Gasteiger partial charge in [-0.15, -0.1) is 0 Å². The second-order valence-electron chi connectivity index (χ2n) is 6.70. The maximum atomic E-state index is 13.6. The molecule has 2 aromatic rings. The van der Waals surface area contributed by atoms with Gasteiger partial charge in [-0.1, -0.05) is 0 Å². The molecule has 0 spiro atoms. The van der Waals surface area contributed by atoms with E-state index in [4.69, 9.17) is 0 Å². The number of nitrogens with zero attached hydrogens (tertiary/aromatic N) is 1. The number of amides is 2. The smallest absolute Gasteiger partial charge is 0.251 e. The lowest BCUT2D eigenvalue weighted by Gasteiger charge is -2.31. The molecule has 1 heterocycles. The lowest BCUT2D eigenvalue weighted by molar-refractivity contribution is -0.117. The second-order valence-corrected chi connectivity index (χ2v) is 6.70. The summed E-state index contributed by atoms with van der Waals surface area (Å²) in [6.45, 7) is 1.20. The topological polar surface area (TPSA) is 61.4 Å². The monoisotopic (exact) mass is 391 g/mol. The van der Waals surface area contributed by atoms with Gasteiger partial charge in [0, 0.05) is 30.8 Å². The number of benzene rings is 2. The number of rotatable bonds is 5. The molecule has 1 aliphatic rings. The molecule has 2 amide bonds. The molecule has 0 aliphatic carbocycles. The van der Waals surface area contributed by atoms with Gasteiger partial charge in [-0.05, 0) is 49.2 Å². The summed E-state index contributed by atoms with van der Waals surface area (Å²) >= 11 is 0. The number of anilines is 1. The summed E-state index contributed by atoms with van der Waals surface area (Å²) in [5.41, 5.74) is 0.201. The number of nitrogens with one attached hydrogen (secondary N) is 2. The Hall–Kier alpha value is -2.87. The number of carbonyl (C=O) groups excluding carboxylic acids is 2. The number of hydrogen-bond acceptors (Lipinski definition) is 3. The van der Waals surface area contributed by atoms with Crippen molar-refractivity contribution in [3.8, 4) is 0 Å². The fourth-order valence-corrected chi connectivity index (χ4v) is 3.09. The van der Waals surface area contributed by atoms with Crippen LogP contribution in [0.3, 0.4) is 0 Å². The first-order valence-corrected chi connectivity index (χ1v) is 8.94. The standard InChI is InChI=1S/C20H20F3N3O2/c21-14-3-1-13(2-4-14)20(28)24-16-7-9-26(10-8-16)12-19(27)25-18-11-15(22)5-6-17(18)23/h1-6,11,16H,7-10,12H2,(H,24,28)(H,25,27). The molecule has 3 rings (SSSR count). The molecule has 0 saturated carbocycles. The highest BCUT2D eigenvalue weighted by Gasteiger charge is 2.23. The van der Waals surface area contributed by atoms with Crippen molar-refractivity contribution in [3.05, 3.63) is 65.5 Å².